The molecule has 1 fully saturated rings. The Kier molecular flexibility index (Phi) is 5.90. The van der Waals surface area contributed by atoms with E-state index in [9.17, 15) is 28.1 Å². The summed E-state index contributed by atoms with van der Waals surface area (Å²) in [5, 5.41) is 14.6. The third-order valence-electron chi connectivity index (χ3n) is 4.42. The third-order valence-corrected chi connectivity index (χ3v) is 4.42. The largest absolute Gasteiger partial charge is 0.484 e. The number of halogens is 3. The lowest BCUT2D eigenvalue weighted by atomic mass is 10.1. The van der Waals surface area contributed by atoms with Crippen LogP contribution in [0.3, 0.4) is 0 Å². The number of hydrogen-bond acceptors (Lipinski definition) is 5. The second-order valence-electron chi connectivity index (χ2n) is 6.59. The lowest BCUT2D eigenvalue weighted by Crippen LogP contribution is -2.32. The topological polar surface area (TPSA) is 84.7 Å². The first kappa shape index (κ1) is 20.4. The molecule has 1 unspecified atom stereocenters. The van der Waals surface area contributed by atoms with E-state index < -0.39 is 29.3 Å². The van der Waals surface area contributed by atoms with Crippen LogP contribution in [0, 0.1) is 10.1 Å². The summed E-state index contributed by atoms with van der Waals surface area (Å²) in [7, 11) is 0. The van der Waals surface area contributed by atoms with Gasteiger partial charge in [0.15, 0.2) is 6.61 Å². The highest BCUT2D eigenvalue weighted by Crippen LogP contribution is 2.28. The quantitative estimate of drug-likeness (QED) is 0.579. The number of anilines is 1. The summed E-state index contributed by atoms with van der Waals surface area (Å²) in [5.74, 6) is -0.874. The van der Waals surface area contributed by atoms with Gasteiger partial charge in [0.1, 0.15) is 11.3 Å². The maximum Gasteiger partial charge on any atom is 0.422 e. The van der Waals surface area contributed by atoms with Crippen LogP contribution in [0.15, 0.2) is 48.5 Å². The van der Waals surface area contributed by atoms with Gasteiger partial charge in [-0.1, -0.05) is 18.2 Å². The number of ether oxygens (including phenoxy) is 1. The predicted octanol–water partition coefficient (Wildman–Crippen LogP) is 3.86. The zero-order valence-corrected chi connectivity index (χ0v) is 15.2. The molecule has 3 rings (SSSR count). The van der Waals surface area contributed by atoms with Crippen molar-refractivity contribution in [2.75, 3.05) is 25.0 Å². The fourth-order valence-electron chi connectivity index (χ4n) is 3.10. The van der Waals surface area contributed by atoms with Gasteiger partial charge in [-0.05, 0) is 30.7 Å². The molecular weight excluding hydrogens is 391 g/mol. The number of benzene rings is 2. The van der Waals surface area contributed by atoms with Crippen molar-refractivity contribution in [2.24, 2.45) is 0 Å². The zero-order chi connectivity index (χ0) is 21.0. The molecule has 0 aromatic heterocycles. The first-order chi connectivity index (χ1) is 13.7. The van der Waals surface area contributed by atoms with Crippen molar-refractivity contribution in [2.45, 2.75) is 18.6 Å². The molecule has 1 N–H and O–H groups in total. The Hall–Kier alpha value is -3.30. The standard InChI is InChI=1S/C19H18F3N3O4/c20-19(21,22)12-29-15-6-7-17(25(27)28)16(10-15)18(26)24-9-8-14(11-24)23-13-4-2-1-3-5-13/h1-7,10,14,23H,8-9,11-12H2. The van der Waals surface area contributed by atoms with Crippen LogP contribution >= 0.6 is 0 Å². The van der Waals surface area contributed by atoms with E-state index in [2.05, 4.69) is 10.1 Å². The van der Waals surface area contributed by atoms with Gasteiger partial charge in [0, 0.05) is 30.9 Å². The van der Waals surface area contributed by atoms with Crippen molar-refractivity contribution < 1.29 is 27.6 Å². The minimum Gasteiger partial charge on any atom is -0.484 e. The Morgan fingerprint density at radius 2 is 1.97 bits per heavy atom. The van der Waals surface area contributed by atoms with Gasteiger partial charge in [0.05, 0.1) is 4.92 Å². The molecule has 1 amide bonds. The maximum absolute atomic E-state index is 12.8. The van der Waals surface area contributed by atoms with Crippen molar-refractivity contribution in [1.82, 2.24) is 4.90 Å². The van der Waals surface area contributed by atoms with Crippen LogP contribution < -0.4 is 10.1 Å². The highest BCUT2D eigenvalue weighted by atomic mass is 19.4. The average Bonchev–Trinajstić information content (AvgIpc) is 3.14. The fraction of sp³-hybridized carbons (Fsp3) is 0.316. The highest BCUT2D eigenvalue weighted by Gasteiger charge is 2.32. The number of carbonyl (C=O) groups excluding carboxylic acids is 1. The van der Waals surface area contributed by atoms with Gasteiger partial charge in [0.2, 0.25) is 0 Å². The maximum atomic E-state index is 12.8. The molecule has 0 spiro atoms. The summed E-state index contributed by atoms with van der Waals surface area (Å²) in [6, 6.07) is 12.4. The first-order valence-electron chi connectivity index (χ1n) is 8.82. The molecule has 1 saturated heterocycles. The summed E-state index contributed by atoms with van der Waals surface area (Å²) in [6.45, 7) is -0.863. The predicted molar refractivity (Wildman–Crippen MR) is 99.0 cm³/mol. The van der Waals surface area contributed by atoms with Gasteiger partial charge in [-0.3, -0.25) is 14.9 Å². The number of carbonyl (C=O) groups is 1. The van der Waals surface area contributed by atoms with Crippen LogP contribution in [0.4, 0.5) is 24.5 Å². The van der Waals surface area contributed by atoms with Crippen LogP contribution in [0.25, 0.3) is 0 Å². The summed E-state index contributed by atoms with van der Waals surface area (Å²) >= 11 is 0. The number of nitro groups is 1. The van der Waals surface area contributed by atoms with Crippen LogP contribution in [0.1, 0.15) is 16.8 Å². The summed E-state index contributed by atoms with van der Waals surface area (Å²) in [4.78, 5) is 24.8. The molecule has 1 aliphatic rings. The van der Waals surface area contributed by atoms with Crippen molar-refractivity contribution in [3.05, 3.63) is 64.2 Å². The lowest BCUT2D eigenvalue weighted by molar-refractivity contribution is -0.385. The summed E-state index contributed by atoms with van der Waals surface area (Å²) in [6.07, 6.45) is -3.92. The molecule has 2 aromatic carbocycles. The van der Waals surface area contributed by atoms with Crippen molar-refractivity contribution in [3.8, 4) is 5.75 Å². The van der Waals surface area contributed by atoms with Crippen LogP contribution in [-0.2, 0) is 0 Å². The van der Waals surface area contributed by atoms with Crippen molar-refractivity contribution >= 4 is 17.3 Å². The van der Waals surface area contributed by atoms with Crippen LogP contribution in [0.2, 0.25) is 0 Å². The number of likely N-dealkylation sites (tertiary alicyclic amines) is 1. The third kappa shape index (κ3) is 5.37. The molecule has 0 bridgehead atoms. The Bertz CT molecular complexity index is 890. The Morgan fingerprint density at radius 3 is 2.62 bits per heavy atom. The number of amides is 1. The Balaban J connectivity index is 1.74. The molecule has 154 valence electrons. The monoisotopic (exact) mass is 409 g/mol. The summed E-state index contributed by atoms with van der Waals surface area (Å²) < 4.78 is 41.7. The molecule has 0 radical (unpaired) electrons. The summed E-state index contributed by atoms with van der Waals surface area (Å²) in [5.41, 5.74) is 0.115. The van der Waals surface area contributed by atoms with Gasteiger partial charge >= 0.3 is 6.18 Å². The van der Waals surface area contributed by atoms with Crippen LogP contribution in [0.5, 0.6) is 5.75 Å². The lowest BCUT2D eigenvalue weighted by Gasteiger charge is -2.18. The van der Waals surface area contributed by atoms with E-state index >= 15 is 0 Å². The van der Waals surface area contributed by atoms with Gasteiger partial charge in [-0.2, -0.15) is 13.2 Å². The number of rotatable bonds is 6. The molecule has 1 heterocycles. The molecule has 1 aliphatic heterocycles. The van der Waals surface area contributed by atoms with E-state index in [1.165, 1.54) is 4.90 Å². The Labute approximate surface area is 164 Å². The van der Waals surface area contributed by atoms with Crippen molar-refractivity contribution in [3.63, 3.8) is 0 Å². The fourth-order valence-corrected chi connectivity index (χ4v) is 3.10. The van der Waals surface area contributed by atoms with E-state index in [0.717, 1.165) is 23.9 Å². The van der Waals surface area contributed by atoms with E-state index in [-0.39, 0.29) is 17.4 Å². The van der Waals surface area contributed by atoms with E-state index in [0.29, 0.717) is 19.5 Å². The average molecular weight is 409 g/mol. The van der Waals surface area contributed by atoms with Gasteiger partial charge in [0.25, 0.3) is 11.6 Å². The second-order valence-corrected chi connectivity index (χ2v) is 6.59. The number of hydrogen-bond donors (Lipinski definition) is 1. The molecule has 0 aliphatic carbocycles. The SMILES string of the molecule is O=C(c1cc(OCC(F)(F)F)ccc1[N+](=O)[O-])N1CCC(Nc2ccccc2)C1. The molecule has 10 heteroatoms. The molecule has 1 atom stereocenters. The highest BCUT2D eigenvalue weighted by molar-refractivity contribution is 5.98. The number of nitrogens with one attached hydrogen (secondary N) is 1. The molecule has 0 saturated carbocycles. The molecule has 7 nitrogen and oxygen atoms in total. The van der Waals surface area contributed by atoms with Gasteiger partial charge in [-0.15, -0.1) is 0 Å². The van der Waals surface area contributed by atoms with E-state index in [1.54, 1.807) is 0 Å². The molecule has 2 aromatic rings. The number of para-hydroxylation sites is 1. The normalized spacial score (nSPS) is 16.5. The van der Waals surface area contributed by atoms with E-state index in [1.807, 2.05) is 30.3 Å². The van der Waals surface area contributed by atoms with Crippen molar-refractivity contribution in [1.29, 1.82) is 0 Å². The number of nitrogens with zero attached hydrogens (tertiary/aromatic N) is 2. The Morgan fingerprint density at radius 1 is 1.24 bits per heavy atom. The minimum absolute atomic E-state index is 0.0370. The van der Waals surface area contributed by atoms with Crippen LogP contribution in [-0.4, -0.2) is 47.6 Å². The van der Waals surface area contributed by atoms with Gasteiger partial charge in [-0.25, -0.2) is 0 Å². The zero-order valence-electron chi connectivity index (χ0n) is 15.2. The smallest absolute Gasteiger partial charge is 0.422 e. The first-order valence-corrected chi connectivity index (χ1v) is 8.82. The molecular formula is C19H18F3N3O4. The second kappa shape index (κ2) is 8.38. The molecule has 29 heavy (non-hydrogen) atoms. The number of alkyl halides is 3. The number of nitro benzene ring substituents is 1. The minimum atomic E-state index is -4.56. The van der Waals surface area contributed by atoms with Gasteiger partial charge < -0.3 is 15.0 Å². The van der Waals surface area contributed by atoms with E-state index in [4.69, 9.17) is 0 Å².